The van der Waals surface area contributed by atoms with E-state index < -0.39 is 0 Å². The molecule has 0 amide bonds. The minimum atomic E-state index is -0.231. The first-order chi connectivity index (χ1) is 5.33. The van der Waals surface area contributed by atoms with E-state index in [4.69, 9.17) is 11.6 Å². The molecular formula is C9H21ClNO+. The van der Waals surface area contributed by atoms with E-state index >= 15 is 0 Å². The molecule has 2 nitrogen and oxygen atoms in total. The van der Waals surface area contributed by atoms with Crippen LogP contribution in [0, 0.1) is 0 Å². The minimum Gasteiger partial charge on any atom is -0.388 e. The van der Waals surface area contributed by atoms with Gasteiger partial charge in [-0.25, -0.2) is 0 Å². The Bertz CT molecular complexity index is 124. The molecule has 0 aliphatic heterocycles. The molecule has 2 unspecified atom stereocenters. The van der Waals surface area contributed by atoms with E-state index in [-0.39, 0.29) is 11.5 Å². The largest absolute Gasteiger partial charge is 0.388 e. The molecule has 0 rings (SSSR count). The molecule has 0 aromatic rings. The number of quaternary nitrogens is 1. The summed E-state index contributed by atoms with van der Waals surface area (Å²) >= 11 is 5.85. The van der Waals surface area contributed by atoms with Gasteiger partial charge in [0.25, 0.3) is 0 Å². The van der Waals surface area contributed by atoms with Gasteiger partial charge in [-0.15, -0.1) is 11.6 Å². The topological polar surface area (TPSA) is 20.2 Å². The molecule has 0 radical (unpaired) electrons. The van der Waals surface area contributed by atoms with E-state index in [1.807, 2.05) is 13.8 Å². The fraction of sp³-hybridized carbons (Fsp3) is 1.00. The van der Waals surface area contributed by atoms with Crippen LogP contribution < -0.4 is 0 Å². The van der Waals surface area contributed by atoms with E-state index in [0.717, 1.165) is 24.0 Å². The maximum absolute atomic E-state index is 9.20. The van der Waals surface area contributed by atoms with Gasteiger partial charge in [-0.2, -0.15) is 0 Å². The van der Waals surface area contributed by atoms with Crippen LogP contribution in [-0.2, 0) is 0 Å². The highest BCUT2D eigenvalue weighted by Gasteiger charge is 2.18. The number of aliphatic hydroxyl groups excluding tert-OH is 1. The maximum atomic E-state index is 9.20. The smallest absolute Gasteiger partial charge is 0.104 e. The molecule has 0 saturated heterocycles. The van der Waals surface area contributed by atoms with Crippen molar-refractivity contribution in [3.63, 3.8) is 0 Å². The molecule has 0 aromatic carbocycles. The summed E-state index contributed by atoms with van der Waals surface area (Å²) in [5.74, 6) is 0. The lowest BCUT2D eigenvalue weighted by Crippen LogP contribution is -2.45. The second-order valence-electron chi connectivity index (χ2n) is 4.26. The van der Waals surface area contributed by atoms with Crippen LogP contribution in [0.5, 0.6) is 0 Å². The van der Waals surface area contributed by atoms with Gasteiger partial charge in [0.2, 0.25) is 0 Å². The highest BCUT2D eigenvalue weighted by molar-refractivity contribution is 6.20. The Kier molecular flexibility index (Phi) is 5.14. The van der Waals surface area contributed by atoms with Crippen LogP contribution in [0.1, 0.15) is 20.3 Å². The van der Waals surface area contributed by atoms with Crippen LogP contribution in [0.4, 0.5) is 0 Å². The first kappa shape index (κ1) is 12.2. The normalized spacial score (nSPS) is 17.5. The van der Waals surface area contributed by atoms with Crippen molar-refractivity contribution in [3.05, 3.63) is 0 Å². The number of hydrogen-bond acceptors (Lipinski definition) is 1. The molecule has 1 N–H and O–H groups in total. The van der Waals surface area contributed by atoms with Crippen molar-refractivity contribution in [3.8, 4) is 0 Å². The molecule has 0 heterocycles. The first-order valence-electron chi connectivity index (χ1n) is 4.47. The molecule has 0 aromatic heterocycles. The van der Waals surface area contributed by atoms with Gasteiger partial charge in [-0.3, -0.25) is 0 Å². The number of rotatable bonds is 5. The third kappa shape index (κ3) is 6.89. The molecule has 2 atom stereocenters. The molecular weight excluding hydrogens is 174 g/mol. The van der Waals surface area contributed by atoms with Crippen LogP contribution in [0.15, 0.2) is 0 Å². The molecule has 0 saturated carbocycles. The van der Waals surface area contributed by atoms with Crippen molar-refractivity contribution in [2.45, 2.75) is 31.7 Å². The Morgan fingerprint density at radius 2 is 1.83 bits per heavy atom. The monoisotopic (exact) mass is 194 g/mol. The van der Waals surface area contributed by atoms with Crippen LogP contribution in [0.2, 0.25) is 0 Å². The Labute approximate surface area is 80.7 Å². The van der Waals surface area contributed by atoms with E-state index in [2.05, 4.69) is 14.1 Å². The summed E-state index contributed by atoms with van der Waals surface area (Å²) in [5, 5.41) is 9.44. The lowest BCUT2D eigenvalue weighted by Gasteiger charge is -2.31. The van der Waals surface area contributed by atoms with E-state index in [0.29, 0.717) is 0 Å². The third-order valence-electron chi connectivity index (χ3n) is 1.89. The summed E-state index contributed by atoms with van der Waals surface area (Å²) in [6.07, 6.45) is 0.770. The predicted molar refractivity (Wildman–Crippen MR) is 53.5 cm³/mol. The average Bonchev–Trinajstić information content (AvgIpc) is 1.81. The van der Waals surface area contributed by atoms with Gasteiger partial charge in [-0.05, 0) is 13.8 Å². The number of halogens is 1. The quantitative estimate of drug-likeness (QED) is 0.519. The van der Waals surface area contributed by atoms with Gasteiger partial charge in [0, 0.05) is 11.8 Å². The van der Waals surface area contributed by atoms with E-state index in [1.54, 1.807) is 0 Å². The van der Waals surface area contributed by atoms with E-state index in [1.165, 1.54) is 0 Å². The van der Waals surface area contributed by atoms with Gasteiger partial charge in [-0.1, -0.05) is 0 Å². The summed E-state index contributed by atoms with van der Waals surface area (Å²) in [6, 6.07) is 0. The number of nitrogens with zero attached hydrogens (tertiary/aromatic N) is 1. The van der Waals surface area contributed by atoms with Gasteiger partial charge in [0.15, 0.2) is 0 Å². The number of aliphatic hydroxyl groups is 1. The maximum Gasteiger partial charge on any atom is 0.104 e. The molecule has 74 valence electrons. The van der Waals surface area contributed by atoms with Gasteiger partial charge in [0.05, 0.1) is 20.6 Å². The number of hydrogen-bond donors (Lipinski definition) is 1. The number of likely N-dealkylation sites (N-methyl/N-ethyl adjacent to an activating group) is 1. The Morgan fingerprint density at radius 1 is 1.33 bits per heavy atom. The Hall–Kier alpha value is 0.210. The van der Waals surface area contributed by atoms with Crippen molar-refractivity contribution < 1.29 is 9.59 Å². The SMILES string of the molecule is CC(O)C[N+](C)(C)CCC(C)Cl. The molecule has 0 fully saturated rings. The van der Waals surface area contributed by atoms with E-state index in [9.17, 15) is 5.11 Å². The standard InChI is InChI=1S/C9H21ClNO/c1-8(10)5-6-11(3,4)7-9(2)12/h8-9,12H,5-7H2,1-4H3/q+1. The highest BCUT2D eigenvalue weighted by Crippen LogP contribution is 2.07. The lowest BCUT2D eigenvalue weighted by atomic mass is 10.2. The second-order valence-corrected chi connectivity index (χ2v) is 5.01. The zero-order valence-corrected chi connectivity index (χ0v) is 9.30. The Morgan fingerprint density at radius 3 is 2.17 bits per heavy atom. The van der Waals surface area contributed by atoms with Crippen molar-refractivity contribution in [2.75, 3.05) is 27.2 Å². The van der Waals surface area contributed by atoms with Crippen molar-refractivity contribution in [1.82, 2.24) is 0 Å². The highest BCUT2D eigenvalue weighted by atomic mass is 35.5. The Balaban J connectivity index is 3.71. The van der Waals surface area contributed by atoms with Crippen LogP contribution in [0.25, 0.3) is 0 Å². The number of alkyl halides is 1. The average molecular weight is 195 g/mol. The van der Waals surface area contributed by atoms with Crippen molar-refractivity contribution >= 4 is 11.6 Å². The fourth-order valence-electron chi connectivity index (χ4n) is 1.33. The summed E-state index contributed by atoms with van der Waals surface area (Å²) in [5.41, 5.74) is 0. The first-order valence-corrected chi connectivity index (χ1v) is 4.91. The predicted octanol–water partition coefficient (Wildman–Crippen LogP) is 1.46. The lowest BCUT2D eigenvalue weighted by molar-refractivity contribution is -0.893. The van der Waals surface area contributed by atoms with Crippen molar-refractivity contribution in [1.29, 1.82) is 0 Å². The third-order valence-corrected chi connectivity index (χ3v) is 2.11. The molecule has 3 heteroatoms. The zero-order valence-electron chi connectivity index (χ0n) is 8.55. The van der Waals surface area contributed by atoms with Crippen LogP contribution in [-0.4, -0.2) is 48.3 Å². The van der Waals surface area contributed by atoms with Crippen molar-refractivity contribution in [2.24, 2.45) is 0 Å². The molecule has 0 aliphatic rings. The minimum absolute atomic E-state index is 0.231. The molecule has 0 bridgehead atoms. The molecule has 12 heavy (non-hydrogen) atoms. The van der Waals surface area contributed by atoms with Gasteiger partial charge in [0.1, 0.15) is 12.6 Å². The summed E-state index contributed by atoms with van der Waals surface area (Å²) in [4.78, 5) is 0. The summed E-state index contributed by atoms with van der Waals surface area (Å²) in [6.45, 7) is 5.65. The van der Waals surface area contributed by atoms with Crippen LogP contribution >= 0.6 is 11.6 Å². The molecule has 0 aliphatic carbocycles. The molecule has 0 spiro atoms. The van der Waals surface area contributed by atoms with Gasteiger partial charge >= 0.3 is 0 Å². The van der Waals surface area contributed by atoms with Crippen LogP contribution in [0.3, 0.4) is 0 Å². The fourth-order valence-corrected chi connectivity index (χ4v) is 1.43. The summed E-state index contributed by atoms with van der Waals surface area (Å²) < 4.78 is 0.842. The zero-order chi connectivity index (χ0) is 9.78. The van der Waals surface area contributed by atoms with Gasteiger partial charge < -0.3 is 9.59 Å². The second kappa shape index (κ2) is 5.05. The summed E-state index contributed by atoms with van der Waals surface area (Å²) in [7, 11) is 4.23.